The molecule has 1 aliphatic heterocycles. The molecule has 38 heavy (non-hydrogen) atoms. The number of methoxy groups -OCH3 is 1. The van der Waals surface area contributed by atoms with Crippen LogP contribution in [0.4, 0.5) is 17.8 Å². The van der Waals surface area contributed by atoms with Crippen molar-refractivity contribution in [3.63, 3.8) is 0 Å². The molecule has 1 aliphatic rings. The molecule has 0 aromatic carbocycles. The average Bonchev–Trinajstić information content (AvgIpc) is 2.84. The van der Waals surface area contributed by atoms with E-state index in [0.717, 1.165) is 90.3 Å². The zero-order valence-electron chi connectivity index (χ0n) is 24.7. The summed E-state index contributed by atoms with van der Waals surface area (Å²) >= 11 is 0. The molecular formula is C28H55N7O3. The number of unbranched alkanes of at least 4 members (excludes halogenated alkanes) is 6. The number of rotatable bonds is 20. The Labute approximate surface area is 230 Å². The molecule has 1 aromatic heterocycles. The average molecular weight is 538 g/mol. The number of hydrogen-bond donors (Lipinski definition) is 5. The van der Waals surface area contributed by atoms with Gasteiger partial charge < -0.3 is 35.8 Å². The van der Waals surface area contributed by atoms with Gasteiger partial charge in [-0.1, -0.05) is 25.7 Å². The summed E-state index contributed by atoms with van der Waals surface area (Å²) < 4.78 is 5.38. The van der Waals surface area contributed by atoms with Crippen LogP contribution < -0.4 is 20.9 Å². The van der Waals surface area contributed by atoms with Crippen molar-refractivity contribution in [2.75, 3.05) is 62.1 Å². The van der Waals surface area contributed by atoms with Gasteiger partial charge in [0.2, 0.25) is 17.8 Å². The number of hydrogen-bond acceptors (Lipinski definition) is 10. The van der Waals surface area contributed by atoms with Gasteiger partial charge in [0.05, 0.1) is 0 Å². The fourth-order valence-electron chi connectivity index (χ4n) is 5.55. The van der Waals surface area contributed by atoms with Crippen LogP contribution in [0.1, 0.15) is 98.3 Å². The van der Waals surface area contributed by atoms with Gasteiger partial charge in [-0.25, -0.2) is 0 Å². The van der Waals surface area contributed by atoms with Crippen LogP contribution in [-0.4, -0.2) is 88.8 Å². The maximum atomic E-state index is 9.02. The molecule has 10 nitrogen and oxygen atoms in total. The van der Waals surface area contributed by atoms with Gasteiger partial charge in [0, 0.05) is 63.7 Å². The van der Waals surface area contributed by atoms with Gasteiger partial charge in [-0.2, -0.15) is 15.0 Å². The molecule has 0 bridgehead atoms. The molecule has 2 rings (SSSR count). The standard InChI is InChI=1S/C28H55N7O3/c1-27(2)21-23(22-28(3,4)34-27)35(17-14-20-38-5)26-32-24(29-15-10-6-8-12-18-36)31-25(33-26)30-16-11-7-9-13-19-37/h23,34,36-37H,6-22H2,1-5H3,(H2,29,30,31,32,33). The molecule has 0 atom stereocenters. The monoisotopic (exact) mass is 537 g/mol. The van der Waals surface area contributed by atoms with E-state index in [4.69, 9.17) is 29.9 Å². The van der Waals surface area contributed by atoms with Crippen molar-refractivity contribution in [1.29, 1.82) is 0 Å². The molecular weight excluding hydrogens is 482 g/mol. The molecule has 0 saturated carbocycles. The largest absolute Gasteiger partial charge is 0.396 e. The number of aliphatic hydroxyl groups excluding tert-OH is 2. The number of nitrogens with one attached hydrogen (secondary N) is 3. The van der Waals surface area contributed by atoms with Gasteiger partial charge in [0.25, 0.3) is 0 Å². The predicted octanol–water partition coefficient (Wildman–Crippen LogP) is 3.95. The molecule has 1 aromatic rings. The fourth-order valence-corrected chi connectivity index (χ4v) is 5.55. The lowest BCUT2D eigenvalue weighted by Gasteiger charge is -2.49. The van der Waals surface area contributed by atoms with Crippen molar-refractivity contribution in [3.05, 3.63) is 0 Å². The van der Waals surface area contributed by atoms with Gasteiger partial charge in [-0.15, -0.1) is 0 Å². The van der Waals surface area contributed by atoms with Gasteiger partial charge in [0.1, 0.15) is 0 Å². The normalized spacial score (nSPS) is 16.9. The van der Waals surface area contributed by atoms with Crippen molar-refractivity contribution < 1.29 is 14.9 Å². The zero-order valence-corrected chi connectivity index (χ0v) is 24.7. The predicted molar refractivity (Wildman–Crippen MR) is 156 cm³/mol. The summed E-state index contributed by atoms with van der Waals surface area (Å²) in [5.74, 6) is 1.91. The SMILES string of the molecule is COCCCN(c1nc(NCCCCCCO)nc(NCCCCCCO)n1)C1CC(C)(C)NC(C)(C)C1. The molecule has 1 fully saturated rings. The van der Waals surface area contributed by atoms with Crippen LogP contribution in [0.25, 0.3) is 0 Å². The highest BCUT2D eigenvalue weighted by Crippen LogP contribution is 2.33. The first kappa shape index (κ1) is 32.5. The molecule has 0 radical (unpaired) electrons. The quantitative estimate of drug-likeness (QED) is 0.156. The van der Waals surface area contributed by atoms with E-state index < -0.39 is 0 Å². The highest BCUT2D eigenvalue weighted by Gasteiger charge is 2.40. The van der Waals surface area contributed by atoms with Crippen molar-refractivity contribution in [2.45, 2.75) is 115 Å². The highest BCUT2D eigenvalue weighted by atomic mass is 16.5. The smallest absolute Gasteiger partial charge is 0.232 e. The molecule has 5 N–H and O–H groups in total. The number of anilines is 3. The number of ether oxygens (including phenoxy) is 1. The first-order valence-corrected chi connectivity index (χ1v) is 14.7. The van der Waals surface area contributed by atoms with E-state index >= 15 is 0 Å². The first-order valence-electron chi connectivity index (χ1n) is 14.7. The van der Waals surface area contributed by atoms with Crippen LogP contribution in [0.2, 0.25) is 0 Å². The molecule has 0 amide bonds. The summed E-state index contributed by atoms with van der Waals surface area (Å²) in [5.41, 5.74) is 0.00844. The maximum absolute atomic E-state index is 9.02. The Morgan fingerprint density at radius 3 is 1.76 bits per heavy atom. The van der Waals surface area contributed by atoms with Gasteiger partial charge in [-0.3, -0.25) is 0 Å². The van der Waals surface area contributed by atoms with E-state index in [2.05, 4.69) is 48.5 Å². The Morgan fingerprint density at radius 1 is 0.789 bits per heavy atom. The van der Waals surface area contributed by atoms with E-state index in [1.807, 2.05) is 0 Å². The van der Waals surface area contributed by atoms with Crippen molar-refractivity contribution in [1.82, 2.24) is 20.3 Å². The summed E-state index contributed by atoms with van der Waals surface area (Å²) in [6.07, 6.45) is 10.8. The number of aliphatic hydroxyl groups is 2. The maximum Gasteiger partial charge on any atom is 0.232 e. The lowest BCUT2D eigenvalue weighted by Crippen LogP contribution is -2.62. The van der Waals surface area contributed by atoms with E-state index in [1.165, 1.54) is 0 Å². The third kappa shape index (κ3) is 12.4. The fraction of sp³-hybridized carbons (Fsp3) is 0.893. The van der Waals surface area contributed by atoms with Gasteiger partial charge >= 0.3 is 0 Å². The summed E-state index contributed by atoms with van der Waals surface area (Å²) in [4.78, 5) is 16.9. The second-order valence-electron chi connectivity index (χ2n) is 11.9. The Kier molecular flexibility index (Phi) is 14.6. The Balaban J connectivity index is 2.23. The van der Waals surface area contributed by atoms with Crippen LogP contribution in [0, 0.1) is 0 Å². The Hall–Kier alpha value is -1.75. The number of aromatic nitrogens is 3. The summed E-state index contributed by atoms with van der Waals surface area (Å²) in [7, 11) is 1.75. The van der Waals surface area contributed by atoms with Crippen LogP contribution in [0.15, 0.2) is 0 Å². The molecule has 0 spiro atoms. The minimum Gasteiger partial charge on any atom is -0.396 e. The molecule has 220 valence electrons. The van der Waals surface area contributed by atoms with E-state index in [0.29, 0.717) is 24.5 Å². The zero-order chi connectivity index (χ0) is 27.9. The van der Waals surface area contributed by atoms with E-state index in [-0.39, 0.29) is 30.3 Å². The lowest BCUT2D eigenvalue weighted by atomic mass is 9.79. The third-order valence-corrected chi connectivity index (χ3v) is 6.97. The van der Waals surface area contributed by atoms with Crippen molar-refractivity contribution in [3.8, 4) is 0 Å². The third-order valence-electron chi connectivity index (χ3n) is 6.97. The van der Waals surface area contributed by atoms with E-state index in [1.54, 1.807) is 7.11 Å². The minimum absolute atomic E-state index is 0.00422. The molecule has 2 heterocycles. The van der Waals surface area contributed by atoms with Gasteiger partial charge in [-0.05, 0) is 72.6 Å². The van der Waals surface area contributed by atoms with E-state index in [9.17, 15) is 0 Å². The second kappa shape index (κ2) is 17.0. The Bertz CT molecular complexity index is 729. The van der Waals surface area contributed by atoms with Crippen LogP contribution in [0.5, 0.6) is 0 Å². The van der Waals surface area contributed by atoms with Crippen LogP contribution in [0.3, 0.4) is 0 Å². The summed E-state index contributed by atoms with van der Waals surface area (Å²) in [6, 6.07) is 0.290. The highest BCUT2D eigenvalue weighted by molar-refractivity contribution is 5.45. The molecule has 0 unspecified atom stereocenters. The number of piperidine rings is 1. The summed E-state index contributed by atoms with van der Waals surface area (Å²) in [6.45, 7) is 12.7. The molecule has 10 heteroatoms. The van der Waals surface area contributed by atoms with Crippen LogP contribution >= 0.6 is 0 Å². The van der Waals surface area contributed by atoms with Crippen molar-refractivity contribution in [2.24, 2.45) is 0 Å². The second-order valence-corrected chi connectivity index (χ2v) is 11.9. The molecule has 1 saturated heterocycles. The summed E-state index contributed by atoms with van der Waals surface area (Å²) in [5, 5.41) is 28.7. The first-order chi connectivity index (χ1) is 18.2. The molecule has 0 aliphatic carbocycles. The topological polar surface area (TPSA) is 128 Å². The minimum atomic E-state index is 0.00422. The van der Waals surface area contributed by atoms with Gasteiger partial charge in [0.15, 0.2) is 0 Å². The lowest BCUT2D eigenvalue weighted by molar-refractivity contribution is 0.154. The van der Waals surface area contributed by atoms with Crippen LogP contribution in [-0.2, 0) is 4.74 Å². The Morgan fingerprint density at radius 2 is 1.29 bits per heavy atom. The number of nitrogens with zero attached hydrogens (tertiary/aromatic N) is 4. The van der Waals surface area contributed by atoms with Crippen molar-refractivity contribution >= 4 is 17.8 Å².